The minimum absolute atomic E-state index is 0.817. The highest BCUT2D eigenvalue weighted by atomic mass is 15.0. The predicted molar refractivity (Wildman–Crippen MR) is 65.9 cm³/mol. The lowest BCUT2D eigenvalue weighted by Crippen LogP contribution is -2.17. The monoisotopic (exact) mass is 208 g/mol. The predicted octanol–water partition coefficient (Wildman–Crippen LogP) is 3.03. The molecule has 1 rings (SSSR count). The molecule has 1 aromatic heterocycles. The van der Waals surface area contributed by atoms with Gasteiger partial charge >= 0.3 is 0 Å². The molecule has 0 aliphatic carbocycles. The third-order valence-corrected chi connectivity index (χ3v) is 3.09. The van der Waals surface area contributed by atoms with Gasteiger partial charge in [0.25, 0.3) is 0 Å². The first-order chi connectivity index (χ1) is 7.31. The molecule has 0 aromatic carbocycles. The maximum atomic E-state index is 3.38. The molecule has 0 aliphatic rings. The second-order valence-electron chi connectivity index (χ2n) is 4.11. The van der Waals surface area contributed by atoms with Gasteiger partial charge in [0.05, 0.1) is 0 Å². The fourth-order valence-electron chi connectivity index (χ4n) is 1.87. The first kappa shape index (κ1) is 12.3. The molecule has 0 fully saturated rings. The third-order valence-electron chi connectivity index (χ3n) is 3.09. The first-order valence-electron chi connectivity index (χ1n) is 6.16. The van der Waals surface area contributed by atoms with E-state index >= 15 is 0 Å². The summed E-state index contributed by atoms with van der Waals surface area (Å²) in [6.45, 7) is 9.90. The van der Waals surface area contributed by atoms with Crippen LogP contribution >= 0.6 is 0 Å². The van der Waals surface area contributed by atoms with Crippen molar-refractivity contribution in [1.82, 2.24) is 9.88 Å². The molecule has 15 heavy (non-hydrogen) atoms. The van der Waals surface area contributed by atoms with E-state index in [0.29, 0.717) is 0 Å². The molecule has 1 heterocycles. The van der Waals surface area contributed by atoms with Crippen LogP contribution in [0.15, 0.2) is 18.3 Å². The normalized spacial score (nSPS) is 11.2. The smallest absolute Gasteiger partial charge is 0.0359 e. The number of nitrogens with one attached hydrogen (secondary N) is 1. The van der Waals surface area contributed by atoms with E-state index in [-0.39, 0.29) is 0 Å². The van der Waals surface area contributed by atoms with Gasteiger partial charge < -0.3 is 9.88 Å². The number of aromatic nitrogens is 1. The van der Waals surface area contributed by atoms with Gasteiger partial charge in [-0.05, 0) is 24.6 Å². The maximum absolute atomic E-state index is 3.38. The zero-order chi connectivity index (χ0) is 11.1. The Morgan fingerprint density at radius 3 is 2.60 bits per heavy atom. The Labute approximate surface area is 93.7 Å². The largest absolute Gasteiger partial charge is 0.350 e. The van der Waals surface area contributed by atoms with Crippen molar-refractivity contribution in [3.8, 4) is 0 Å². The van der Waals surface area contributed by atoms with E-state index in [4.69, 9.17) is 0 Å². The van der Waals surface area contributed by atoms with Crippen molar-refractivity contribution in [3.05, 3.63) is 24.0 Å². The van der Waals surface area contributed by atoms with Crippen molar-refractivity contribution in [1.29, 1.82) is 0 Å². The van der Waals surface area contributed by atoms with E-state index in [2.05, 4.69) is 49.0 Å². The van der Waals surface area contributed by atoms with Crippen LogP contribution in [0.1, 0.15) is 39.3 Å². The molecule has 0 spiro atoms. The number of hydrogen-bond donors (Lipinski definition) is 1. The fraction of sp³-hybridized carbons (Fsp3) is 0.692. The molecule has 0 saturated carbocycles. The molecule has 2 nitrogen and oxygen atoms in total. The molecule has 0 amide bonds. The minimum Gasteiger partial charge on any atom is -0.350 e. The van der Waals surface area contributed by atoms with Crippen LogP contribution in [0.25, 0.3) is 0 Å². The quantitative estimate of drug-likeness (QED) is 0.729. The summed E-state index contributed by atoms with van der Waals surface area (Å²) in [4.78, 5) is 0. The molecule has 0 aliphatic heterocycles. The van der Waals surface area contributed by atoms with Gasteiger partial charge in [-0.25, -0.2) is 0 Å². The Morgan fingerprint density at radius 1 is 1.27 bits per heavy atom. The average molecular weight is 208 g/mol. The van der Waals surface area contributed by atoms with Gasteiger partial charge in [-0.3, -0.25) is 0 Å². The molecule has 0 atom stereocenters. The van der Waals surface area contributed by atoms with E-state index in [0.717, 1.165) is 19.0 Å². The SMILES string of the molecule is CCNCc1cccn1CC(CC)CC. The summed E-state index contributed by atoms with van der Waals surface area (Å²) in [5.74, 6) is 0.817. The Kier molecular flexibility index (Phi) is 5.48. The van der Waals surface area contributed by atoms with E-state index in [1.807, 2.05) is 0 Å². The summed E-state index contributed by atoms with van der Waals surface area (Å²) in [7, 11) is 0. The van der Waals surface area contributed by atoms with Crippen LogP contribution < -0.4 is 5.32 Å². The van der Waals surface area contributed by atoms with Crippen molar-refractivity contribution < 1.29 is 0 Å². The highest BCUT2D eigenvalue weighted by molar-refractivity contribution is 5.07. The van der Waals surface area contributed by atoms with Crippen LogP contribution in [-0.2, 0) is 13.1 Å². The Balaban J connectivity index is 2.55. The Morgan fingerprint density at radius 2 is 2.00 bits per heavy atom. The van der Waals surface area contributed by atoms with E-state index in [1.54, 1.807) is 0 Å². The van der Waals surface area contributed by atoms with Crippen LogP contribution in [0, 0.1) is 5.92 Å². The summed E-state index contributed by atoms with van der Waals surface area (Å²) in [6.07, 6.45) is 4.75. The summed E-state index contributed by atoms with van der Waals surface area (Å²) >= 11 is 0. The van der Waals surface area contributed by atoms with Crippen molar-refractivity contribution in [2.75, 3.05) is 6.54 Å². The van der Waals surface area contributed by atoms with Gasteiger partial charge in [0, 0.05) is 25.0 Å². The standard InChI is InChI=1S/C13H24N2/c1-4-12(5-2)11-15-9-7-8-13(15)10-14-6-3/h7-9,12,14H,4-6,10-11H2,1-3H3. The van der Waals surface area contributed by atoms with Gasteiger partial charge in [0.15, 0.2) is 0 Å². The van der Waals surface area contributed by atoms with E-state index in [1.165, 1.54) is 25.1 Å². The van der Waals surface area contributed by atoms with Gasteiger partial charge in [0.2, 0.25) is 0 Å². The van der Waals surface area contributed by atoms with Crippen LogP contribution in [0.3, 0.4) is 0 Å². The minimum atomic E-state index is 0.817. The van der Waals surface area contributed by atoms with Crippen molar-refractivity contribution in [2.24, 2.45) is 5.92 Å². The lowest BCUT2D eigenvalue weighted by Gasteiger charge is -2.16. The number of nitrogens with zero attached hydrogens (tertiary/aromatic N) is 1. The second-order valence-corrected chi connectivity index (χ2v) is 4.11. The summed E-state index contributed by atoms with van der Waals surface area (Å²) in [6, 6.07) is 4.36. The average Bonchev–Trinajstić information content (AvgIpc) is 2.70. The summed E-state index contributed by atoms with van der Waals surface area (Å²) in [5.41, 5.74) is 1.41. The second kappa shape index (κ2) is 6.67. The highest BCUT2D eigenvalue weighted by Crippen LogP contribution is 2.13. The summed E-state index contributed by atoms with van der Waals surface area (Å²) in [5, 5.41) is 3.38. The molecule has 1 N–H and O–H groups in total. The lowest BCUT2D eigenvalue weighted by molar-refractivity contribution is 0.410. The van der Waals surface area contributed by atoms with Gasteiger partial charge in [-0.1, -0.05) is 33.6 Å². The van der Waals surface area contributed by atoms with Crippen LogP contribution in [0.5, 0.6) is 0 Å². The lowest BCUT2D eigenvalue weighted by atomic mass is 10.0. The first-order valence-corrected chi connectivity index (χ1v) is 6.16. The molecule has 0 bridgehead atoms. The third kappa shape index (κ3) is 3.71. The molecule has 2 heteroatoms. The molecular weight excluding hydrogens is 184 g/mol. The molecule has 1 aromatic rings. The molecule has 0 unspecified atom stereocenters. The van der Waals surface area contributed by atoms with E-state index in [9.17, 15) is 0 Å². The molecule has 0 saturated heterocycles. The highest BCUT2D eigenvalue weighted by Gasteiger charge is 2.06. The van der Waals surface area contributed by atoms with Crippen LogP contribution in [0.2, 0.25) is 0 Å². The molecule has 0 radical (unpaired) electrons. The van der Waals surface area contributed by atoms with Gasteiger partial charge in [-0.2, -0.15) is 0 Å². The Hall–Kier alpha value is -0.760. The van der Waals surface area contributed by atoms with Crippen molar-refractivity contribution in [3.63, 3.8) is 0 Å². The van der Waals surface area contributed by atoms with Crippen molar-refractivity contribution in [2.45, 2.75) is 46.7 Å². The van der Waals surface area contributed by atoms with Crippen LogP contribution in [-0.4, -0.2) is 11.1 Å². The zero-order valence-corrected chi connectivity index (χ0v) is 10.3. The number of rotatable bonds is 7. The number of hydrogen-bond acceptors (Lipinski definition) is 1. The maximum Gasteiger partial charge on any atom is 0.0359 e. The molecule has 86 valence electrons. The van der Waals surface area contributed by atoms with Crippen LogP contribution in [0.4, 0.5) is 0 Å². The molecular formula is C13H24N2. The van der Waals surface area contributed by atoms with Gasteiger partial charge in [-0.15, -0.1) is 0 Å². The zero-order valence-electron chi connectivity index (χ0n) is 10.3. The van der Waals surface area contributed by atoms with Crippen molar-refractivity contribution >= 4 is 0 Å². The van der Waals surface area contributed by atoms with Gasteiger partial charge in [0.1, 0.15) is 0 Å². The topological polar surface area (TPSA) is 17.0 Å². The fourth-order valence-corrected chi connectivity index (χ4v) is 1.87. The summed E-state index contributed by atoms with van der Waals surface area (Å²) < 4.78 is 2.39. The van der Waals surface area contributed by atoms with E-state index < -0.39 is 0 Å². The Bertz CT molecular complexity index is 261.